The quantitative estimate of drug-likeness (QED) is 0.567. The van der Waals surface area contributed by atoms with Gasteiger partial charge in [-0.1, -0.05) is 51.6 Å². The molecular formula is C18H24N2O3S. The molecule has 0 saturated carbocycles. The molecule has 0 spiro atoms. The summed E-state index contributed by atoms with van der Waals surface area (Å²) < 4.78 is 10.8. The average molecular weight is 348 g/mol. The highest BCUT2D eigenvalue weighted by Gasteiger charge is 2.20. The first-order valence-corrected chi connectivity index (χ1v) is 8.97. The normalized spacial score (nSPS) is 12.9. The van der Waals surface area contributed by atoms with Gasteiger partial charge >= 0.3 is 5.97 Å². The summed E-state index contributed by atoms with van der Waals surface area (Å²) in [5.41, 5.74) is 2.21. The van der Waals surface area contributed by atoms with Crippen LogP contribution < -0.4 is 0 Å². The van der Waals surface area contributed by atoms with E-state index in [-0.39, 0.29) is 16.6 Å². The highest BCUT2D eigenvalue weighted by molar-refractivity contribution is 8.00. The topological polar surface area (TPSA) is 65.2 Å². The van der Waals surface area contributed by atoms with E-state index in [9.17, 15) is 4.79 Å². The van der Waals surface area contributed by atoms with Crippen LogP contribution in [0.3, 0.4) is 0 Å². The zero-order chi connectivity index (χ0) is 17.7. The maximum absolute atomic E-state index is 11.8. The van der Waals surface area contributed by atoms with E-state index >= 15 is 0 Å². The lowest BCUT2D eigenvalue weighted by molar-refractivity contribution is -0.142. The number of hydrogen-bond acceptors (Lipinski definition) is 6. The molecule has 2 aromatic rings. The van der Waals surface area contributed by atoms with Crippen LogP contribution in [-0.2, 0) is 14.9 Å². The lowest BCUT2D eigenvalue weighted by Crippen LogP contribution is -2.17. The standard InChI is InChI=1S/C18H24N2O3S/c1-6-11-22-16(21)12(2)24-17-20-19-15(23-17)13-7-9-14(10-8-13)18(3,4)5/h7-10,12H,6,11H2,1-5H3. The zero-order valence-corrected chi connectivity index (χ0v) is 15.6. The van der Waals surface area contributed by atoms with Crippen LogP contribution in [-0.4, -0.2) is 28.0 Å². The first-order chi connectivity index (χ1) is 11.3. The molecule has 6 heteroatoms. The molecule has 1 aromatic carbocycles. The Balaban J connectivity index is 2.04. The first kappa shape index (κ1) is 18.5. The maximum atomic E-state index is 11.8. The number of aromatic nitrogens is 2. The third-order valence-corrected chi connectivity index (χ3v) is 4.37. The van der Waals surface area contributed by atoms with E-state index in [1.54, 1.807) is 6.92 Å². The molecule has 24 heavy (non-hydrogen) atoms. The minimum atomic E-state index is -0.381. The lowest BCUT2D eigenvalue weighted by atomic mass is 9.87. The second-order valence-corrected chi connectivity index (χ2v) is 7.92. The van der Waals surface area contributed by atoms with Gasteiger partial charge in [0.05, 0.1) is 6.61 Å². The van der Waals surface area contributed by atoms with Crippen molar-refractivity contribution < 1.29 is 13.9 Å². The Morgan fingerprint density at radius 2 is 1.92 bits per heavy atom. The second-order valence-electron chi connectivity index (χ2n) is 6.63. The number of rotatable bonds is 6. The second kappa shape index (κ2) is 7.83. The minimum absolute atomic E-state index is 0.0999. The molecule has 1 atom stereocenters. The summed E-state index contributed by atoms with van der Waals surface area (Å²) in [5.74, 6) is 0.184. The predicted octanol–water partition coefficient (Wildman–Crippen LogP) is 4.47. The molecule has 0 amide bonds. The summed E-state index contributed by atoms with van der Waals surface area (Å²) in [4.78, 5) is 11.8. The molecule has 0 saturated heterocycles. The van der Waals surface area contributed by atoms with Crippen LogP contribution in [0, 0.1) is 0 Å². The van der Waals surface area contributed by atoms with Crippen molar-refractivity contribution in [2.24, 2.45) is 0 Å². The smallest absolute Gasteiger partial charge is 0.319 e. The fourth-order valence-corrected chi connectivity index (χ4v) is 2.69. The van der Waals surface area contributed by atoms with E-state index in [0.29, 0.717) is 17.7 Å². The highest BCUT2D eigenvalue weighted by Crippen LogP contribution is 2.28. The van der Waals surface area contributed by atoms with Crippen molar-refractivity contribution in [3.05, 3.63) is 29.8 Å². The van der Waals surface area contributed by atoms with Gasteiger partial charge in [0.1, 0.15) is 5.25 Å². The summed E-state index contributed by atoms with van der Waals surface area (Å²) in [7, 11) is 0. The van der Waals surface area contributed by atoms with Gasteiger partial charge in [-0.2, -0.15) is 0 Å². The predicted molar refractivity (Wildman–Crippen MR) is 95.0 cm³/mol. The number of thioether (sulfide) groups is 1. The van der Waals surface area contributed by atoms with E-state index in [1.807, 2.05) is 19.1 Å². The van der Waals surface area contributed by atoms with Crippen LogP contribution >= 0.6 is 11.8 Å². The summed E-state index contributed by atoms with van der Waals surface area (Å²) in [5, 5.41) is 8.05. The van der Waals surface area contributed by atoms with Gasteiger partial charge in [-0.15, -0.1) is 10.2 Å². The van der Waals surface area contributed by atoms with Gasteiger partial charge in [0, 0.05) is 5.56 Å². The Morgan fingerprint density at radius 1 is 1.25 bits per heavy atom. The van der Waals surface area contributed by atoms with Gasteiger partial charge < -0.3 is 9.15 Å². The van der Waals surface area contributed by atoms with Gasteiger partial charge in [0.15, 0.2) is 0 Å². The largest absolute Gasteiger partial charge is 0.465 e. The average Bonchev–Trinajstić information content (AvgIpc) is 3.00. The first-order valence-electron chi connectivity index (χ1n) is 8.09. The van der Waals surface area contributed by atoms with Crippen LogP contribution in [0.4, 0.5) is 0 Å². The van der Waals surface area contributed by atoms with Gasteiger partial charge in [-0.25, -0.2) is 0 Å². The molecule has 5 nitrogen and oxygen atoms in total. The van der Waals surface area contributed by atoms with Crippen molar-refractivity contribution >= 4 is 17.7 Å². The summed E-state index contributed by atoms with van der Waals surface area (Å²) in [6.45, 7) is 10.7. The van der Waals surface area contributed by atoms with Crippen molar-refractivity contribution in [2.75, 3.05) is 6.61 Å². The van der Waals surface area contributed by atoms with Gasteiger partial charge in [0.2, 0.25) is 5.89 Å². The molecule has 0 bridgehead atoms. The molecule has 2 rings (SSSR count). The number of nitrogens with zero attached hydrogens (tertiary/aromatic N) is 2. The Morgan fingerprint density at radius 3 is 2.50 bits per heavy atom. The minimum Gasteiger partial charge on any atom is -0.465 e. The molecule has 130 valence electrons. The number of benzene rings is 1. The Bertz CT molecular complexity index is 674. The number of hydrogen-bond donors (Lipinski definition) is 0. The zero-order valence-electron chi connectivity index (χ0n) is 14.8. The van der Waals surface area contributed by atoms with Crippen molar-refractivity contribution in [3.63, 3.8) is 0 Å². The van der Waals surface area contributed by atoms with Crippen molar-refractivity contribution in [1.82, 2.24) is 10.2 Å². The Hall–Kier alpha value is -1.82. The molecule has 1 heterocycles. The molecule has 0 aliphatic heterocycles. The summed E-state index contributed by atoms with van der Waals surface area (Å²) in [6, 6.07) is 8.08. The SMILES string of the molecule is CCCOC(=O)C(C)Sc1nnc(-c2ccc(C(C)(C)C)cc2)o1. The number of esters is 1. The van der Waals surface area contributed by atoms with Gasteiger partial charge in [-0.3, -0.25) is 4.79 Å². The fraction of sp³-hybridized carbons (Fsp3) is 0.500. The summed E-state index contributed by atoms with van der Waals surface area (Å²) in [6.07, 6.45) is 0.804. The van der Waals surface area contributed by atoms with Crippen LogP contribution in [0.15, 0.2) is 33.9 Å². The van der Waals surface area contributed by atoms with Gasteiger partial charge in [0.25, 0.3) is 5.22 Å². The maximum Gasteiger partial charge on any atom is 0.319 e. The van der Waals surface area contributed by atoms with Crippen LogP contribution in [0.5, 0.6) is 0 Å². The van der Waals surface area contributed by atoms with Crippen molar-refractivity contribution in [2.45, 2.75) is 56.9 Å². The van der Waals surface area contributed by atoms with Crippen LogP contribution in [0.2, 0.25) is 0 Å². The fourth-order valence-electron chi connectivity index (χ4n) is 2.01. The molecule has 1 unspecified atom stereocenters. The molecule has 0 aliphatic carbocycles. The highest BCUT2D eigenvalue weighted by atomic mass is 32.2. The van der Waals surface area contributed by atoms with Gasteiger partial charge in [-0.05, 0) is 36.5 Å². The molecule has 1 aromatic heterocycles. The number of carbonyl (C=O) groups is 1. The number of ether oxygens (including phenoxy) is 1. The van der Waals surface area contributed by atoms with E-state index in [1.165, 1.54) is 17.3 Å². The van der Waals surface area contributed by atoms with Crippen LogP contribution in [0.1, 0.15) is 46.6 Å². The molecule has 0 radical (unpaired) electrons. The van der Waals surface area contributed by atoms with E-state index in [0.717, 1.165) is 12.0 Å². The Labute approximate surface area is 147 Å². The molecule has 0 fully saturated rings. The van der Waals surface area contributed by atoms with Crippen LogP contribution in [0.25, 0.3) is 11.5 Å². The Kier molecular flexibility index (Phi) is 6.04. The lowest BCUT2D eigenvalue weighted by Gasteiger charge is -2.18. The van der Waals surface area contributed by atoms with E-state index in [2.05, 4.69) is 43.1 Å². The molecule has 0 aliphatic rings. The molecule has 0 N–H and O–H groups in total. The van der Waals surface area contributed by atoms with Crippen molar-refractivity contribution in [1.29, 1.82) is 0 Å². The van der Waals surface area contributed by atoms with E-state index < -0.39 is 0 Å². The molecular weight excluding hydrogens is 324 g/mol. The monoisotopic (exact) mass is 348 g/mol. The number of carbonyl (C=O) groups excluding carboxylic acids is 1. The third-order valence-electron chi connectivity index (χ3n) is 3.46. The summed E-state index contributed by atoms with van der Waals surface area (Å²) >= 11 is 1.21. The van der Waals surface area contributed by atoms with Crippen molar-refractivity contribution in [3.8, 4) is 11.5 Å². The van der Waals surface area contributed by atoms with E-state index in [4.69, 9.17) is 9.15 Å². The third kappa shape index (κ3) is 4.84.